The second kappa shape index (κ2) is 5.96. The van der Waals surface area contributed by atoms with Gasteiger partial charge in [0.25, 0.3) is 0 Å². The van der Waals surface area contributed by atoms with Crippen LogP contribution in [0.2, 0.25) is 0 Å². The molecule has 0 aromatic carbocycles. The van der Waals surface area contributed by atoms with Crippen LogP contribution in [0.5, 0.6) is 0 Å². The third-order valence-corrected chi connectivity index (χ3v) is 2.98. The standard InChI is InChI=1S/C13H20FN3O/c1-4-5-6-7-13(18,12(2,3)8-14)9-17-11-15-10-16-17/h10-11,18H,4-5,8-9H2,1-3H3. The molecule has 0 aliphatic rings. The molecule has 0 fully saturated rings. The number of halogens is 1. The van der Waals surface area contributed by atoms with E-state index in [1.165, 1.54) is 17.3 Å². The number of unbranched alkanes of at least 4 members (excludes halogenated alkanes) is 1. The average Bonchev–Trinajstić information content (AvgIpc) is 2.82. The number of rotatable bonds is 5. The summed E-state index contributed by atoms with van der Waals surface area (Å²) in [5.41, 5.74) is -2.41. The Morgan fingerprint density at radius 3 is 2.67 bits per heavy atom. The Bertz CT molecular complexity index is 419. The van der Waals surface area contributed by atoms with Crippen molar-refractivity contribution in [3.8, 4) is 11.8 Å². The highest BCUT2D eigenvalue weighted by Gasteiger charge is 2.43. The van der Waals surface area contributed by atoms with Crippen LogP contribution in [0.3, 0.4) is 0 Å². The van der Waals surface area contributed by atoms with E-state index in [1.54, 1.807) is 13.8 Å². The minimum atomic E-state index is -1.45. The number of aliphatic hydroxyl groups is 1. The first kappa shape index (κ1) is 14.7. The van der Waals surface area contributed by atoms with Gasteiger partial charge in [0.2, 0.25) is 0 Å². The van der Waals surface area contributed by atoms with Gasteiger partial charge in [0.1, 0.15) is 12.7 Å². The molecule has 1 N–H and O–H groups in total. The zero-order chi connectivity index (χ0) is 13.6. The normalized spacial score (nSPS) is 14.7. The molecule has 0 aliphatic heterocycles. The molecule has 1 heterocycles. The van der Waals surface area contributed by atoms with Crippen molar-refractivity contribution in [1.29, 1.82) is 0 Å². The molecule has 0 saturated carbocycles. The molecular formula is C13H20FN3O. The van der Waals surface area contributed by atoms with Crippen LogP contribution < -0.4 is 0 Å². The van der Waals surface area contributed by atoms with Crippen molar-refractivity contribution in [3.63, 3.8) is 0 Å². The van der Waals surface area contributed by atoms with Gasteiger partial charge in [-0.05, 0) is 6.42 Å². The maximum Gasteiger partial charge on any atom is 0.152 e. The highest BCUT2D eigenvalue weighted by atomic mass is 19.1. The van der Waals surface area contributed by atoms with Crippen LogP contribution in [0.1, 0.15) is 33.6 Å². The fourth-order valence-electron chi connectivity index (χ4n) is 1.42. The molecule has 0 aliphatic carbocycles. The molecule has 1 aromatic rings. The molecule has 1 unspecified atom stereocenters. The second-order valence-electron chi connectivity index (χ2n) is 5.02. The van der Waals surface area contributed by atoms with Crippen molar-refractivity contribution in [2.24, 2.45) is 5.41 Å². The Kier molecular flexibility index (Phi) is 4.85. The minimum Gasteiger partial charge on any atom is -0.375 e. The van der Waals surface area contributed by atoms with Gasteiger partial charge in [0, 0.05) is 11.8 Å². The fraction of sp³-hybridized carbons (Fsp3) is 0.692. The van der Waals surface area contributed by atoms with Crippen LogP contribution in [0.15, 0.2) is 12.7 Å². The number of nitrogens with zero attached hydrogens (tertiary/aromatic N) is 3. The Hall–Kier alpha value is -1.41. The predicted molar refractivity (Wildman–Crippen MR) is 67.4 cm³/mol. The third-order valence-electron chi connectivity index (χ3n) is 2.98. The Morgan fingerprint density at radius 1 is 1.44 bits per heavy atom. The lowest BCUT2D eigenvalue weighted by molar-refractivity contribution is -0.0436. The first-order valence-electron chi connectivity index (χ1n) is 6.06. The van der Waals surface area contributed by atoms with Crippen molar-refractivity contribution in [1.82, 2.24) is 14.8 Å². The lowest BCUT2D eigenvalue weighted by Gasteiger charge is -2.36. The molecule has 5 heteroatoms. The summed E-state index contributed by atoms with van der Waals surface area (Å²) in [6.07, 6.45) is 4.45. The summed E-state index contributed by atoms with van der Waals surface area (Å²) in [6.45, 7) is 4.78. The first-order chi connectivity index (χ1) is 8.45. The van der Waals surface area contributed by atoms with Crippen molar-refractivity contribution in [2.45, 2.75) is 45.8 Å². The van der Waals surface area contributed by atoms with Crippen molar-refractivity contribution >= 4 is 0 Å². The maximum absolute atomic E-state index is 13.1. The fourth-order valence-corrected chi connectivity index (χ4v) is 1.42. The van der Waals surface area contributed by atoms with E-state index in [0.29, 0.717) is 6.42 Å². The van der Waals surface area contributed by atoms with Crippen LogP contribution in [0, 0.1) is 17.3 Å². The summed E-state index contributed by atoms with van der Waals surface area (Å²) in [4.78, 5) is 3.81. The molecule has 0 spiro atoms. The molecule has 1 atom stereocenters. The van der Waals surface area contributed by atoms with E-state index in [4.69, 9.17) is 0 Å². The molecule has 4 nitrogen and oxygen atoms in total. The van der Waals surface area contributed by atoms with Crippen LogP contribution in [-0.2, 0) is 6.54 Å². The zero-order valence-corrected chi connectivity index (χ0v) is 11.1. The number of aromatic nitrogens is 3. The van der Waals surface area contributed by atoms with Crippen molar-refractivity contribution < 1.29 is 9.50 Å². The van der Waals surface area contributed by atoms with E-state index in [9.17, 15) is 9.50 Å². The second-order valence-corrected chi connectivity index (χ2v) is 5.02. The van der Waals surface area contributed by atoms with Crippen LogP contribution in [0.4, 0.5) is 4.39 Å². The summed E-state index contributed by atoms with van der Waals surface area (Å²) < 4.78 is 14.6. The van der Waals surface area contributed by atoms with Crippen LogP contribution >= 0.6 is 0 Å². The zero-order valence-electron chi connectivity index (χ0n) is 11.1. The molecule has 18 heavy (non-hydrogen) atoms. The van der Waals surface area contributed by atoms with Gasteiger partial charge in [-0.25, -0.2) is 9.67 Å². The number of alkyl halides is 1. The lowest BCUT2D eigenvalue weighted by atomic mass is 9.76. The molecule has 1 rings (SSSR count). The Balaban J connectivity index is 2.98. The SMILES string of the molecule is CCCC#CC(O)(Cn1cncn1)C(C)(C)CF. The van der Waals surface area contributed by atoms with E-state index in [1.807, 2.05) is 6.92 Å². The summed E-state index contributed by atoms with van der Waals surface area (Å²) in [6, 6.07) is 0. The highest BCUT2D eigenvalue weighted by Crippen LogP contribution is 2.32. The van der Waals surface area contributed by atoms with Gasteiger partial charge in [-0.1, -0.05) is 26.7 Å². The van der Waals surface area contributed by atoms with Gasteiger partial charge in [0.15, 0.2) is 5.60 Å². The smallest absolute Gasteiger partial charge is 0.152 e. The molecule has 1 aromatic heterocycles. The summed E-state index contributed by atoms with van der Waals surface area (Å²) in [5, 5.41) is 14.6. The highest BCUT2D eigenvalue weighted by molar-refractivity contribution is 5.18. The lowest BCUT2D eigenvalue weighted by Crippen LogP contribution is -2.48. The van der Waals surface area contributed by atoms with Gasteiger partial charge < -0.3 is 5.11 Å². The molecular weight excluding hydrogens is 233 g/mol. The Morgan fingerprint density at radius 2 is 2.17 bits per heavy atom. The summed E-state index contributed by atoms with van der Waals surface area (Å²) in [7, 11) is 0. The Labute approximate surface area is 107 Å². The van der Waals surface area contributed by atoms with Crippen LogP contribution in [-0.4, -0.2) is 32.1 Å². The van der Waals surface area contributed by atoms with Gasteiger partial charge in [-0.2, -0.15) is 5.10 Å². The van der Waals surface area contributed by atoms with E-state index in [-0.39, 0.29) is 6.54 Å². The summed E-state index contributed by atoms with van der Waals surface area (Å²) in [5.74, 6) is 5.70. The third kappa shape index (κ3) is 3.30. The van der Waals surface area contributed by atoms with Crippen LogP contribution in [0.25, 0.3) is 0 Å². The van der Waals surface area contributed by atoms with E-state index >= 15 is 0 Å². The molecule has 0 amide bonds. The monoisotopic (exact) mass is 253 g/mol. The van der Waals surface area contributed by atoms with Crippen molar-refractivity contribution in [3.05, 3.63) is 12.7 Å². The van der Waals surface area contributed by atoms with E-state index in [0.717, 1.165) is 6.42 Å². The molecule has 100 valence electrons. The van der Waals surface area contributed by atoms with E-state index in [2.05, 4.69) is 21.9 Å². The average molecular weight is 253 g/mol. The quantitative estimate of drug-likeness (QED) is 0.814. The number of hydrogen-bond acceptors (Lipinski definition) is 3. The number of hydrogen-bond donors (Lipinski definition) is 1. The van der Waals surface area contributed by atoms with Gasteiger partial charge in [0.05, 0.1) is 13.2 Å². The van der Waals surface area contributed by atoms with Gasteiger partial charge in [-0.15, -0.1) is 5.92 Å². The van der Waals surface area contributed by atoms with Gasteiger partial charge in [-0.3, -0.25) is 4.39 Å². The minimum absolute atomic E-state index is 0.112. The van der Waals surface area contributed by atoms with Crippen molar-refractivity contribution in [2.75, 3.05) is 6.67 Å². The predicted octanol–water partition coefficient (Wildman–Crippen LogP) is 1.81. The maximum atomic E-state index is 13.1. The summed E-state index contributed by atoms with van der Waals surface area (Å²) >= 11 is 0. The molecule has 0 radical (unpaired) electrons. The van der Waals surface area contributed by atoms with Gasteiger partial charge >= 0.3 is 0 Å². The first-order valence-corrected chi connectivity index (χ1v) is 6.06. The molecule has 0 bridgehead atoms. The molecule has 0 saturated heterocycles. The largest absolute Gasteiger partial charge is 0.375 e. The topological polar surface area (TPSA) is 50.9 Å². The van der Waals surface area contributed by atoms with E-state index < -0.39 is 17.7 Å².